The van der Waals surface area contributed by atoms with Crippen molar-refractivity contribution >= 4 is 6.09 Å². The second kappa shape index (κ2) is 6.44. The van der Waals surface area contributed by atoms with Crippen molar-refractivity contribution in [3.8, 4) is 0 Å². The highest BCUT2D eigenvalue weighted by molar-refractivity contribution is 5.68. The Bertz CT molecular complexity index is 466. The number of hydrogen-bond acceptors (Lipinski definition) is 4. The predicted molar refractivity (Wildman–Crippen MR) is 87.1 cm³/mol. The van der Waals surface area contributed by atoms with Crippen LogP contribution in [0.1, 0.15) is 52.9 Å². The average molecular weight is 323 g/mol. The van der Waals surface area contributed by atoms with E-state index < -0.39 is 5.60 Å². The van der Waals surface area contributed by atoms with Crippen LogP contribution in [0, 0.1) is 5.92 Å². The zero-order valence-electron chi connectivity index (χ0n) is 14.6. The van der Waals surface area contributed by atoms with E-state index in [0.717, 1.165) is 58.4 Å². The summed E-state index contributed by atoms with van der Waals surface area (Å²) in [5.41, 5.74) is 1.11. The lowest BCUT2D eigenvalue weighted by atomic mass is 9.81. The fourth-order valence-electron chi connectivity index (χ4n) is 3.71. The summed E-state index contributed by atoms with van der Waals surface area (Å²) in [6.45, 7) is 8.74. The maximum Gasteiger partial charge on any atom is 0.410 e. The van der Waals surface area contributed by atoms with Gasteiger partial charge >= 0.3 is 6.09 Å². The van der Waals surface area contributed by atoms with E-state index in [2.05, 4.69) is 6.08 Å². The van der Waals surface area contributed by atoms with Crippen LogP contribution >= 0.6 is 0 Å². The zero-order chi connectivity index (χ0) is 16.5. The lowest BCUT2D eigenvalue weighted by Gasteiger charge is -2.37. The SMILES string of the molecule is CC(C)(C)OC(=O)N1CCC(C2=CCC3(CC2)OCCO3)CC1. The van der Waals surface area contributed by atoms with Crippen LogP contribution in [0.3, 0.4) is 0 Å². The van der Waals surface area contributed by atoms with Gasteiger partial charge in [-0.1, -0.05) is 11.6 Å². The van der Waals surface area contributed by atoms with Gasteiger partial charge in [-0.15, -0.1) is 0 Å². The number of amides is 1. The van der Waals surface area contributed by atoms with Crippen LogP contribution in [-0.4, -0.2) is 48.7 Å². The summed E-state index contributed by atoms with van der Waals surface area (Å²) in [6, 6.07) is 0. The van der Waals surface area contributed by atoms with Crippen molar-refractivity contribution in [2.24, 2.45) is 5.92 Å². The van der Waals surface area contributed by atoms with Crippen LogP contribution in [0.15, 0.2) is 11.6 Å². The molecule has 5 nitrogen and oxygen atoms in total. The minimum absolute atomic E-state index is 0.180. The summed E-state index contributed by atoms with van der Waals surface area (Å²) in [5, 5.41) is 0. The quantitative estimate of drug-likeness (QED) is 0.693. The molecule has 2 aliphatic heterocycles. The molecule has 0 aromatic heterocycles. The fraction of sp³-hybridized carbons (Fsp3) is 0.833. The number of allylic oxidation sites excluding steroid dienone is 1. The van der Waals surface area contributed by atoms with Gasteiger partial charge in [0.2, 0.25) is 0 Å². The van der Waals surface area contributed by atoms with Gasteiger partial charge in [0.15, 0.2) is 5.79 Å². The molecule has 130 valence electrons. The van der Waals surface area contributed by atoms with Gasteiger partial charge in [-0.3, -0.25) is 0 Å². The average Bonchev–Trinajstić information content (AvgIpc) is 2.95. The maximum atomic E-state index is 12.1. The van der Waals surface area contributed by atoms with E-state index in [4.69, 9.17) is 14.2 Å². The minimum Gasteiger partial charge on any atom is -0.444 e. The van der Waals surface area contributed by atoms with Crippen molar-refractivity contribution in [3.63, 3.8) is 0 Å². The third-order valence-corrected chi connectivity index (χ3v) is 4.95. The van der Waals surface area contributed by atoms with Crippen molar-refractivity contribution in [2.45, 2.75) is 64.3 Å². The molecule has 0 bridgehead atoms. The summed E-state index contributed by atoms with van der Waals surface area (Å²) in [6.07, 6.45) is 7.08. The second-order valence-corrected chi connectivity index (χ2v) is 7.83. The zero-order valence-corrected chi connectivity index (χ0v) is 14.6. The standard InChI is InChI=1S/C18H29NO4/c1-17(2,3)23-16(20)19-10-6-15(7-11-19)14-4-8-18(9-5-14)21-12-13-22-18/h4,15H,5-13H2,1-3H3. The highest BCUT2D eigenvalue weighted by Crippen LogP contribution is 2.39. The molecule has 23 heavy (non-hydrogen) atoms. The van der Waals surface area contributed by atoms with Crippen molar-refractivity contribution in [2.75, 3.05) is 26.3 Å². The van der Waals surface area contributed by atoms with Gasteiger partial charge in [0, 0.05) is 25.9 Å². The Morgan fingerprint density at radius 2 is 1.91 bits per heavy atom. The highest BCUT2D eigenvalue weighted by atomic mass is 16.7. The van der Waals surface area contributed by atoms with Gasteiger partial charge in [-0.25, -0.2) is 4.79 Å². The third-order valence-electron chi connectivity index (χ3n) is 4.95. The Morgan fingerprint density at radius 3 is 2.43 bits per heavy atom. The minimum atomic E-state index is -0.421. The normalized spacial score (nSPS) is 25.5. The Kier molecular flexibility index (Phi) is 4.70. The Morgan fingerprint density at radius 1 is 1.26 bits per heavy atom. The van der Waals surface area contributed by atoms with Crippen LogP contribution in [0.4, 0.5) is 4.79 Å². The molecular weight excluding hydrogens is 294 g/mol. The van der Waals surface area contributed by atoms with Crippen LogP contribution in [0.2, 0.25) is 0 Å². The van der Waals surface area contributed by atoms with E-state index in [0.29, 0.717) is 5.92 Å². The first-order valence-corrected chi connectivity index (χ1v) is 8.82. The van der Waals surface area contributed by atoms with E-state index in [1.807, 2.05) is 25.7 Å². The second-order valence-electron chi connectivity index (χ2n) is 7.83. The first-order chi connectivity index (χ1) is 10.9. The molecule has 0 aromatic rings. The third kappa shape index (κ3) is 4.07. The van der Waals surface area contributed by atoms with Crippen molar-refractivity contribution in [3.05, 3.63) is 11.6 Å². The van der Waals surface area contributed by atoms with E-state index >= 15 is 0 Å². The van der Waals surface area contributed by atoms with E-state index in [1.54, 1.807) is 0 Å². The molecule has 3 aliphatic rings. The van der Waals surface area contributed by atoms with Gasteiger partial charge < -0.3 is 19.1 Å². The van der Waals surface area contributed by atoms with Gasteiger partial charge in [0.1, 0.15) is 5.60 Å². The summed E-state index contributed by atoms with van der Waals surface area (Å²) in [4.78, 5) is 14.0. The van der Waals surface area contributed by atoms with Crippen LogP contribution in [0.5, 0.6) is 0 Å². The molecule has 2 fully saturated rings. The predicted octanol–water partition coefficient (Wildman–Crippen LogP) is 3.49. The molecule has 2 saturated heterocycles. The first kappa shape index (κ1) is 16.8. The largest absolute Gasteiger partial charge is 0.444 e. The molecule has 0 atom stereocenters. The van der Waals surface area contributed by atoms with E-state index in [1.165, 1.54) is 5.57 Å². The molecule has 0 aromatic carbocycles. The monoisotopic (exact) mass is 323 g/mol. The number of carbonyl (C=O) groups is 1. The summed E-state index contributed by atoms with van der Waals surface area (Å²) >= 11 is 0. The van der Waals surface area contributed by atoms with Crippen molar-refractivity contribution in [1.82, 2.24) is 4.90 Å². The molecule has 1 spiro atoms. The molecule has 0 saturated carbocycles. The smallest absolute Gasteiger partial charge is 0.410 e. The Balaban J connectivity index is 1.50. The summed E-state index contributed by atoms with van der Waals surface area (Å²) in [7, 11) is 0. The molecule has 0 unspecified atom stereocenters. The molecule has 5 heteroatoms. The highest BCUT2D eigenvalue weighted by Gasteiger charge is 2.39. The molecule has 3 rings (SSSR count). The number of likely N-dealkylation sites (tertiary alicyclic amines) is 1. The molecule has 1 aliphatic carbocycles. The molecule has 0 radical (unpaired) electrons. The number of ether oxygens (including phenoxy) is 3. The number of rotatable bonds is 1. The van der Waals surface area contributed by atoms with Gasteiger partial charge in [-0.05, 0) is 46.0 Å². The Labute approximate surface area is 138 Å². The van der Waals surface area contributed by atoms with Gasteiger partial charge in [0.05, 0.1) is 13.2 Å². The fourth-order valence-corrected chi connectivity index (χ4v) is 3.71. The lowest BCUT2D eigenvalue weighted by molar-refractivity contribution is -0.161. The van der Waals surface area contributed by atoms with Crippen LogP contribution in [0.25, 0.3) is 0 Å². The van der Waals surface area contributed by atoms with Crippen LogP contribution < -0.4 is 0 Å². The number of piperidine rings is 1. The van der Waals surface area contributed by atoms with E-state index in [-0.39, 0.29) is 11.9 Å². The number of nitrogens with zero attached hydrogens (tertiary/aromatic N) is 1. The molecule has 1 amide bonds. The van der Waals surface area contributed by atoms with E-state index in [9.17, 15) is 4.79 Å². The summed E-state index contributed by atoms with van der Waals surface area (Å²) in [5.74, 6) is 0.258. The summed E-state index contributed by atoms with van der Waals surface area (Å²) < 4.78 is 17.0. The van der Waals surface area contributed by atoms with Crippen LogP contribution in [-0.2, 0) is 14.2 Å². The first-order valence-electron chi connectivity index (χ1n) is 8.82. The Hall–Kier alpha value is -1.07. The molecule has 0 N–H and O–H groups in total. The van der Waals surface area contributed by atoms with Crippen molar-refractivity contribution in [1.29, 1.82) is 0 Å². The molecule has 2 heterocycles. The number of carbonyl (C=O) groups excluding carboxylic acids is 1. The van der Waals surface area contributed by atoms with Gasteiger partial charge in [0.25, 0.3) is 0 Å². The van der Waals surface area contributed by atoms with Gasteiger partial charge in [-0.2, -0.15) is 0 Å². The topological polar surface area (TPSA) is 48.0 Å². The number of hydrogen-bond donors (Lipinski definition) is 0. The lowest BCUT2D eigenvalue weighted by Crippen LogP contribution is -2.42. The maximum absolute atomic E-state index is 12.1. The van der Waals surface area contributed by atoms with Crippen molar-refractivity contribution < 1.29 is 19.0 Å². The molecular formula is C18H29NO4.